The Kier molecular flexibility index (Phi) is 8.89. The van der Waals surface area contributed by atoms with Gasteiger partial charge in [-0.2, -0.15) is 18.5 Å². The molecule has 252 valence electrons. The Morgan fingerprint density at radius 3 is 2.37 bits per heavy atom. The lowest BCUT2D eigenvalue weighted by Crippen LogP contribution is -2.75. The number of sulfonamides is 1. The molecule has 0 spiro atoms. The van der Waals surface area contributed by atoms with Crippen LogP contribution in [0.5, 0.6) is 17.2 Å². The second kappa shape index (κ2) is 13.1. The standard InChI is InChI=1S/C35H33N5O8S/c1-4-48-28-12-8-6-10-26(28)32-33(31-25-9-5-7-11-27(25)38-34(31)41)40(35(42)43,21-23(20-36)39(32)22-15-17-37-18-16-22)49(44,45)30-14-13-24(46-2)19-29(30)47-3/h5-19,23,31-33H,4,21H2,1-3H3,(H-,38,41,42,43)/p+1. The summed E-state index contributed by atoms with van der Waals surface area (Å²) in [7, 11) is -2.41. The van der Waals surface area contributed by atoms with Gasteiger partial charge in [-0.25, -0.2) is 0 Å². The summed E-state index contributed by atoms with van der Waals surface area (Å²) in [6.45, 7) is 1.26. The number of methoxy groups -OCH3 is 2. The third kappa shape index (κ3) is 5.27. The summed E-state index contributed by atoms with van der Waals surface area (Å²) in [4.78, 5) is 33.7. The van der Waals surface area contributed by atoms with Crippen molar-refractivity contribution in [3.63, 3.8) is 0 Å². The predicted molar refractivity (Wildman–Crippen MR) is 178 cm³/mol. The minimum absolute atomic E-state index is 0.163. The van der Waals surface area contributed by atoms with Crippen LogP contribution in [0.3, 0.4) is 0 Å². The first-order valence-corrected chi connectivity index (χ1v) is 16.9. The van der Waals surface area contributed by atoms with Gasteiger partial charge >= 0.3 is 16.1 Å². The van der Waals surface area contributed by atoms with E-state index in [9.17, 15) is 20.0 Å². The van der Waals surface area contributed by atoms with Gasteiger partial charge in [-0.05, 0) is 48.9 Å². The molecule has 1 saturated heterocycles. The molecule has 4 aromatic rings. The zero-order valence-corrected chi connectivity index (χ0v) is 27.7. The van der Waals surface area contributed by atoms with E-state index >= 15 is 8.42 Å². The second-order valence-corrected chi connectivity index (χ2v) is 13.5. The smallest absolute Gasteiger partial charge is 0.497 e. The lowest BCUT2D eigenvalue weighted by Gasteiger charge is -2.53. The summed E-state index contributed by atoms with van der Waals surface area (Å²) in [6.07, 6.45) is 1.28. The molecule has 3 aromatic carbocycles. The molecular weight excluding hydrogens is 650 g/mol. The zero-order chi connectivity index (χ0) is 34.9. The summed E-state index contributed by atoms with van der Waals surface area (Å²) in [5.41, 5.74) is 1.71. The Hall–Kier alpha value is -5.65. The highest BCUT2D eigenvalue weighted by atomic mass is 32.2. The number of nitriles is 1. The molecule has 0 saturated carbocycles. The number of rotatable bonds is 9. The van der Waals surface area contributed by atoms with Crippen molar-refractivity contribution in [2.24, 2.45) is 0 Å². The number of aromatic nitrogens is 1. The number of benzene rings is 3. The quantitative estimate of drug-likeness (QED) is 0.229. The molecule has 0 radical (unpaired) electrons. The maximum atomic E-state index is 15.4. The fraction of sp³-hybridized carbons (Fsp3) is 0.257. The molecule has 2 N–H and O–H groups in total. The van der Waals surface area contributed by atoms with Crippen molar-refractivity contribution in [1.29, 1.82) is 5.26 Å². The minimum Gasteiger partial charge on any atom is -0.497 e. The maximum absolute atomic E-state index is 15.4. The van der Waals surface area contributed by atoms with Crippen LogP contribution in [-0.4, -0.2) is 73.9 Å². The van der Waals surface area contributed by atoms with Crippen LogP contribution in [0.25, 0.3) is 0 Å². The first kappa shape index (κ1) is 33.3. The van der Waals surface area contributed by atoms with Crippen LogP contribution in [0.2, 0.25) is 0 Å². The molecule has 1 fully saturated rings. The number of piperazine rings is 1. The van der Waals surface area contributed by atoms with Crippen molar-refractivity contribution in [1.82, 2.24) is 4.98 Å². The third-order valence-corrected chi connectivity index (χ3v) is 11.4. The van der Waals surface area contributed by atoms with Gasteiger partial charge in [0.1, 0.15) is 35.8 Å². The van der Waals surface area contributed by atoms with Gasteiger partial charge in [0.05, 0.1) is 26.9 Å². The molecule has 49 heavy (non-hydrogen) atoms. The van der Waals surface area contributed by atoms with Gasteiger partial charge in [-0.3, -0.25) is 9.78 Å². The van der Waals surface area contributed by atoms with E-state index in [0.29, 0.717) is 28.3 Å². The topological polar surface area (TPSA) is 168 Å². The van der Waals surface area contributed by atoms with Crippen LogP contribution in [0.1, 0.15) is 30.0 Å². The molecule has 6 rings (SSSR count). The normalized spacial score (nSPS) is 23.1. The number of carboxylic acid groups (broad SMARTS) is 1. The fourth-order valence-electron chi connectivity index (χ4n) is 7.08. The van der Waals surface area contributed by atoms with E-state index in [2.05, 4.69) is 16.4 Å². The second-order valence-electron chi connectivity index (χ2n) is 11.5. The lowest BCUT2D eigenvalue weighted by atomic mass is 9.80. The van der Waals surface area contributed by atoms with E-state index < -0.39 is 61.4 Å². The molecule has 0 bridgehead atoms. The first-order chi connectivity index (χ1) is 23.6. The monoisotopic (exact) mass is 684 g/mol. The number of nitrogens with one attached hydrogen (secondary N) is 1. The minimum atomic E-state index is -5.07. The van der Waals surface area contributed by atoms with Crippen molar-refractivity contribution in [3.05, 3.63) is 102 Å². The van der Waals surface area contributed by atoms with Gasteiger partial charge in [-0.1, -0.05) is 36.4 Å². The fourth-order valence-corrected chi connectivity index (χ4v) is 9.17. The van der Waals surface area contributed by atoms with Crippen molar-refractivity contribution in [2.75, 3.05) is 37.6 Å². The number of pyridine rings is 1. The van der Waals surface area contributed by atoms with Crippen LogP contribution in [-0.2, 0) is 14.8 Å². The predicted octanol–water partition coefficient (Wildman–Crippen LogP) is 4.94. The maximum Gasteiger partial charge on any atom is 0.530 e. The van der Waals surface area contributed by atoms with Gasteiger partial charge in [0.25, 0.3) is 0 Å². The Balaban J connectivity index is 1.77. The summed E-state index contributed by atoms with van der Waals surface area (Å²) >= 11 is 0. The molecule has 13 nitrogen and oxygen atoms in total. The number of carbonyl (C=O) groups is 2. The number of carbonyl (C=O) groups excluding carboxylic acids is 1. The Morgan fingerprint density at radius 2 is 1.71 bits per heavy atom. The van der Waals surface area contributed by atoms with Crippen LogP contribution in [0, 0.1) is 11.3 Å². The molecule has 14 heteroatoms. The number of nitrogens with zero attached hydrogens (tertiary/aromatic N) is 4. The number of para-hydroxylation sites is 2. The SMILES string of the molecule is CCOc1ccccc1C1C(C2C(=O)Nc3ccccc32)[N+](C(=O)O)(S(=O)(=O)c2ccc(OC)cc2OC)CC(C#N)N1c1ccncc1. The van der Waals surface area contributed by atoms with Crippen molar-refractivity contribution >= 4 is 33.4 Å². The van der Waals surface area contributed by atoms with E-state index in [1.807, 2.05) is 0 Å². The number of ether oxygens (including phenoxy) is 3. The number of anilines is 2. The summed E-state index contributed by atoms with van der Waals surface area (Å²) < 4.78 is 45.9. The van der Waals surface area contributed by atoms with Gasteiger partial charge in [0, 0.05) is 35.4 Å². The van der Waals surface area contributed by atoms with Crippen molar-refractivity contribution in [2.45, 2.75) is 35.9 Å². The highest BCUT2D eigenvalue weighted by molar-refractivity contribution is 7.86. The molecular formula is C35H34N5O8S+. The van der Waals surface area contributed by atoms with Gasteiger partial charge in [0.2, 0.25) is 5.91 Å². The van der Waals surface area contributed by atoms with E-state index in [1.54, 1.807) is 72.5 Å². The molecule has 3 heterocycles. The molecule has 2 aliphatic rings. The number of quaternary nitrogens is 1. The zero-order valence-electron chi connectivity index (χ0n) is 26.9. The number of fused-ring (bicyclic) bond motifs is 1. The van der Waals surface area contributed by atoms with Crippen LogP contribution in [0.15, 0.2) is 96.2 Å². The number of hydrogen-bond donors (Lipinski definition) is 2. The van der Waals surface area contributed by atoms with Crippen LogP contribution in [0.4, 0.5) is 16.2 Å². The average Bonchev–Trinajstić information content (AvgIpc) is 3.45. The van der Waals surface area contributed by atoms with Crippen LogP contribution < -0.4 is 24.4 Å². The first-order valence-electron chi connectivity index (χ1n) is 15.4. The average molecular weight is 685 g/mol. The van der Waals surface area contributed by atoms with Crippen molar-refractivity contribution in [3.8, 4) is 23.3 Å². The summed E-state index contributed by atoms with van der Waals surface area (Å²) in [6, 6.07) is 18.9. The summed E-state index contributed by atoms with van der Waals surface area (Å²) in [5.74, 6) is -1.46. The Morgan fingerprint density at radius 1 is 1.02 bits per heavy atom. The number of amides is 2. The Bertz CT molecular complexity index is 2050. The van der Waals surface area contributed by atoms with Gasteiger partial charge < -0.3 is 29.5 Å². The largest absolute Gasteiger partial charge is 0.530 e. The molecule has 2 aliphatic heterocycles. The molecule has 2 amide bonds. The Labute approximate surface area is 283 Å². The highest BCUT2D eigenvalue weighted by Crippen LogP contribution is 2.54. The van der Waals surface area contributed by atoms with Crippen LogP contribution >= 0.6 is 0 Å². The third-order valence-electron chi connectivity index (χ3n) is 9.11. The lowest BCUT2D eigenvalue weighted by molar-refractivity contribution is -0.770. The van der Waals surface area contributed by atoms with Gasteiger partial charge in [0.15, 0.2) is 17.0 Å². The molecule has 1 aromatic heterocycles. The highest BCUT2D eigenvalue weighted by Gasteiger charge is 2.69. The van der Waals surface area contributed by atoms with E-state index in [0.717, 1.165) is 0 Å². The van der Waals surface area contributed by atoms with E-state index in [4.69, 9.17) is 14.2 Å². The van der Waals surface area contributed by atoms with E-state index in [-0.39, 0.29) is 18.1 Å². The summed E-state index contributed by atoms with van der Waals surface area (Å²) in [5, 5.41) is 25.1. The molecule has 0 aliphatic carbocycles. The van der Waals surface area contributed by atoms with E-state index in [1.165, 1.54) is 44.8 Å². The number of hydrogen-bond acceptors (Lipinski definition) is 10. The molecule has 5 unspecified atom stereocenters. The van der Waals surface area contributed by atoms with Crippen molar-refractivity contribution < 1.29 is 41.2 Å². The molecule has 5 atom stereocenters. The van der Waals surface area contributed by atoms with Gasteiger partial charge in [-0.15, -0.1) is 3.89 Å².